The predicted molar refractivity (Wildman–Crippen MR) is 62.9 cm³/mol. The largest absolute Gasteiger partial charge is 0.406 e. The standard InChI is InChI=1S/C12H21F3N2O/c13-12(14,15)9-17(7-6-16)11(18)8-10-4-2-1-3-5-10/h10H,1-9,16H2. The van der Waals surface area contributed by atoms with Gasteiger partial charge in [0, 0.05) is 19.5 Å². The molecule has 1 amide bonds. The van der Waals surface area contributed by atoms with Gasteiger partial charge in [0.25, 0.3) is 0 Å². The van der Waals surface area contributed by atoms with Crippen LogP contribution in [0.2, 0.25) is 0 Å². The Morgan fingerprint density at radius 3 is 2.33 bits per heavy atom. The first kappa shape index (κ1) is 15.3. The normalized spacial score (nSPS) is 17.8. The molecule has 0 heterocycles. The maximum absolute atomic E-state index is 12.3. The van der Waals surface area contributed by atoms with E-state index in [4.69, 9.17) is 5.73 Å². The number of carbonyl (C=O) groups excluding carboxylic acids is 1. The van der Waals surface area contributed by atoms with E-state index in [9.17, 15) is 18.0 Å². The summed E-state index contributed by atoms with van der Waals surface area (Å²) >= 11 is 0. The van der Waals surface area contributed by atoms with E-state index in [0.29, 0.717) is 0 Å². The highest BCUT2D eigenvalue weighted by Crippen LogP contribution is 2.27. The van der Waals surface area contributed by atoms with Crippen LogP contribution in [0, 0.1) is 5.92 Å². The van der Waals surface area contributed by atoms with Gasteiger partial charge in [-0.15, -0.1) is 0 Å². The molecule has 0 spiro atoms. The van der Waals surface area contributed by atoms with Crippen molar-refractivity contribution < 1.29 is 18.0 Å². The third kappa shape index (κ3) is 5.71. The zero-order valence-corrected chi connectivity index (χ0v) is 10.5. The maximum atomic E-state index is 12.3. The summed E-state index contributed by atoms with van der Waals surface area (Å²) in [6.07, 6.45) is 1.11. The lowest BCUT2D eigenvalue weighted by atomic mass is 9.86. The lowest BCUT2D eigenvalue weighted by Crippen LogP contribution is -2.42. The first-order valence-electron chi connectivity index (χ1n) is 6.47. The molecule has 6 heteroatoms. The number of carbonyl (C=O) groups is 1. The monoisotopic (exact) mass is 266 g/mol. The Hall–Kier alpha value is -0.780. The molecular formula is C12H21F3N2O. The van der Waals surface area contributed by atoms with Crippen LogP contribution in [-0.2, 0) is 4.79 Å². The molecule has 106 valence electrons. The lowest BCUT2D eigenvalue weighted by molar-refractivity contribution is -0.161. The number of nitrogens with two attached hydrogens (primary N) is 1. The molecule has 1 aliphatic rings. The van der Waals surface area contributed by atoms with Crippen LogP contribution < -0.4 is 5.73 Å². The van der Waals surface area contributed by atoms with Crippen molar-refractivity contribution >= 4 is 5.91 Å². The average Bonchev–Trinajstić information content (AvgIpc) is 2.28. The van der Waals surface area contributed by atoms with Crippen LogP contribution in [0.25, 0.3) is 0 Å². The Morgan fingerprint density at radius 2 is 1.83 bits per heavy atom. The van der Waals surface area contributed by atoms with Crippen molar-refractivity contribution in [2.45, 2.75) is 44.7 Å². The molecule has 3 nitrogen and oxygen atoms in total. The second-order valence-electron chi connectivity index (χ2n) is 4.93. The van der Waals surface area contributed by atoms with Crippen molar-refractivity contribution in [3.05, 3.63) is 0 Å². The Labute approximate surface area is 106 Å². The van der Waals surface area contributed by atoms with E-state index >= 15 is 0 Å². The summed E-state index contributed by atoms with van der Waals surface area (Å²) < 4.78 is 37.0. The molecule has 0 atom stereocenters. The Morgan fingerprint density at radius 1 is 1.22 bits per heavy atom. The van der Waals surface area contributed by atoms with Crippen molar-refractivity contribution in [1.82, 2.24) is 4.90 Å². The highest BCUT2D eigenvalue weighted by atomic mass is 19.4. The minimum absolute atomic E-state index is 0.0228. The van der Waals surface area contributed by atoms with Crippen LogP contribution >= 0.6 is 0 Å². The highest BCUT2D eigenvalue weighted by molar-refractivity contribution is 5.76. The van der Waals surface area contributed by atoms with Gasteiger partial charge >= 0.3 is 6.18 Å². The number of halogens is 3. The van der Waals surface area contributed by atoms with Gasteiger partial charge in [-0.1, -0.05) is 19.3 Å². The topological polar surface area (TPSA) is 46.3 Å². The molecule has 0 aromatic rings. The van der Waals surface area contributed by atoms with E-state index in [2.05, 4.69) is 0 Å². The summed E-state index contributed by atoms with van der Waals surface area (Å²) in [5, 5.41) is 0. The first-order valence-corrected chi connectivity index (χ1v) is 6.47. The van der Waals surface area contributed by atoms with Crippen molar-refractivity contribution in [3.63, 3.8) is 0 Å². The fraction of sp³-hybridized carbons (Fsp3) is 0.917. The van der Waals surface area contributed by atoms with Gasteiger partial charge in [0.15, 0.2) is 0 Å². The molecule has 18 heavy (non-hydrogen) atoms. The summed E-state index contributed by atoms with van der Waals surface area (Å²) in [6.45, 7) is -1.15. The summed E-state index contributed by atoms with van der Waals surface area (Å²) in [6, 6.07) is 0. The van der Waals surface area contributed by atoms with Gasteiger partial charge in [0.2, 0.25) is 5.91 Å². The van der Waals surface area contributed by atoms with Crippen LogP contribution in [0.5, 0.6) is 0 Å². The lowest BCUT2D eigenvalue weighted by Gasteiger charge is -2.27. The van der Waals surface area contributed by atoms with E-state index in [0.717, 1.165) is 30.6 Å². The van der Waals surface area contributed by atoms with Gasteiger partial charge < -0.3 is 10.6 Å². The molecule has 1 saturated carbocycles. The maximum Gasteiger partial charge on any atom is 0.406 e. The fourth-order valence-electron chi connectivity index (χ4n) is 2.43. The van der Waals surface area contributed by atoms with Crippen LogP contribution in [0.3, 0.4) is 0 Å². The third-order valence-electron chi connectivity index (χ3n) is 3.31. The quantitative estimate of drug-likeness (QED) is 0.830. The number of alkyl halides is 3. The fourth-order valence-corrected chi connectivity index (χ4v) is 2.43. The molecule has 0 radical (unpaired) electrons. The molecular weight excluding hydrogens is 245 g/mol. The van der Waals surface area contributed by atoms with Crippen molar-refractivity contribution in [2.24, 2.45) is 11.7 Å². The van der Waals surface area contributed by atoms with Crippen LogP contribution in [0.4, 0.5) is 13.2 Å². The van der Waals surface area contributed by atoms with Gasteiger partial charge in [-0.05, 0) is 18.8 Å². The van der Waals surface area contributed by atoms with Crippen LogP contribution in [-0.4, -0.2) is 36.6 Å². The third-order valence-corrected chi connectivity index (χ3v) is 3.31. The van der Waals surface area contributed by atoms with Crippen LogP contribution in [0.1, 0.15) is 38.5 Å². The number of rotatable bonds is 5. The summed E-state index contributed by atoms with van der Waals surface area (Å²) in [7, 11) is 0. The predicted octanol–water partition coefficient (Wildman–Crippen LogP) is 2.31. The molecule has 1 fully saturated rings. The van der Waals surface area contributed by atoms with Crippen LogP contribution in [0.15, 0.2) is 0 Å². The van der Waals surface area contributed by atoms with Gasteiger partial charge in [-0.25, -0.2) is 0 Å². The number of hydrogen-bond acceptors (Lipinski definition) is 2. The van der Waals surface area contributed by atoms with Gasteiger partial charge in [-0.3, -0.25) is 4.79 Å². The summed E-state index contributed by atoms with van der Waals surface area (Å²) in [4.78, 5) is 12.7. The summed E-state index contributed by atoms with van der Waals surface area (Å²) in [5.74, 6) is -0.163. The van der Waals surface area contributed by atoms with E-state index in [1.807, 2.05) is 0 Å². The zero-order valence-electron chi connectivity index (χ0n) is 10.5. The van der Waals surface area contributed by atoms with Gasteiger partial charge in [0.1, 0.15) is 6.54 Å². The van der Waals surface area contributed by atoms with E-state index in [-0.39, 0.29) is 25.4 Å². The van der Waals surface area contributed by atoms with Crippen molar-refractivity contribution in [1.29, 1.82) is 0 Å². The second-order valence-corrected chi connectivity index (χ2v) is 4.93. The zero-order chi connectivity index (χ0) is 13.6. The Kier molecular flexibility index (Phi) is 5.91. The SMILES string of the molecule is NCCN(CC(F)(F)F)C(=O)CC1CCCCC1. The Balaban J connectivity index is 2.47. The molecule has 0 aliphatic heterocycles. The van der Waals surface area contributed by atoms with Crippen molar-refractivity contribution in [2.75, 3.05) is 19.6 Å². The molecule has 0 bridgehead atoms. The smallest absolute Gasteiger partial charge is 0.332 e. The highest BCUT2D eigenvalue weighted by Gasteiger charge is 2.33. The molecule has 1 aliphatic carbocycles. The molecule has 2 N–H and O–H groups in total. The minimum atomic E-state index is -4.35. The molecule has 0 saturated heterocycles. The number of nitrogens with zero attached hydrogens (tertiary/aromatic N) is 1. The molecule has 0 unspecified atom stereocenters. The minimum Gasteiger partial charge on any atom is -0.332 e. The molecule has 0 aromatic carbocycles. The van der Waals surface area contributed by atoms with Gasteiger partial charge in [-0.2, -0.15) is 13.2 Å². The Bertz CT molecular complexity index is 263. The molecule has 1 rings (SSSR count). The van der Waals surface area contributed by atoms with E-state index < -0.39 is 18.6 Å². The van der Waals surface area contributed by atoms with E-state index in [1.165, 1.54) is 6.42 Å². The molecule has 0 aromatic heterocycles. The second kappa shape index (κ2) is 6.97. The summed E-state index contributed by atoms with van der Waals surface area (Å²) in [5.41, 5.74) is 5.26. The van der Waals surface area contributed by atoms with Gasteiger partial charge in [0.05, 0.1) is 0 Å². The van der Waals surface area contributed by atoms with E-state index in [1.54, 1.807) is 0 Å². The first-order chi connectivity index (χ1) is 8.42. The van der Waals surface area contributed by atoms with Crippen molar-refractivity contribution in [3.8, 4) is 0 Å². The number of amides is 1. The average molecular weight is 266 g/mol. The number of hydrogen-bond donors (Lipinski definition) is 1.